The largest absolute Gasteiger partial charge is 0.370 e. The van der Waals surface area contributed by atoms with Crippen molar-refractivity contribution in [2.75, 3.05) is 11.9 Å². The Morgan fingerprint density at radius 1 is 1.50 bits per heavy atom. The highest BCUT2D eigenvalue weighted by atomic mass is 32.1. The van der Waals surface area contributed by atoms with Gasteiger partial charge in [0, 0.05) is 17.5 Å². The molecule has 1 aliphatic rings. The van der Waals surface area contributed by atoms with Gasteiger partial charge in [-0.1, -0.05) is 13.8 Å². The first-order valence-electron chi connectivity index (χ1n) is 6.59. The standard InChI is InChI=1S/C14H19N3S/c1-4-12-9(2)8-15-14-7-11(16-17(12)14)13-6-5-10(3)18-13/h5-7,9,12,15H,4,8H2,1-3H3. The maximum Gasteiger partial charge on any atom is 0.125 e. The van der Waals surface area contributed by atoms with E-state index >= 15 is 0 Å². The number of nitrogens with zero attached hydrogens (tertiary/aromatic N) is 2. The van der Waals surface area contributed by atoms with Crippen LogP contribution in [0.3, 0.4) is 0 Å². The zero-order chi connectivity index (χ0) is 12.7. The zero-order valence-electron chi connectivity index (χ0n) is 11.1. The molecule has 2 unspecified atom stereocenters. The van der Waals surface area contributed by atoms with Gasteiger partial charge in [0.1, 0.15) is 11.5 Å². The van der Waals surface area contributed by atoms with E-state index in [2.05, 4.69) is 49.0 Å². The Hall–Kier alpha value is -1.29. The van der Waals surface area contributed by atoms with Crippen molar-refractivity contribution in [3.05, 3.63) is 23.1 Å². The molecule has 2 aromatic heterocycles. The molecule has 1 aliphatic heterocycles. The fourth-order valence-corrected chi connectivity index (χ4v) is 3.51. The Kier molecular flexibility index (Phi) is 2.90. The smallest absolute Gasteiger partial charge is 0.125 e. The second-order valence-electron chi connectivity index (χ2n) is 5.10. The third kappa shape index (κ3) is 1.85. The average molecular weight is 261 g/mol. The maximum absolute atomic E-state index is 4.80. The number of rotatable bonds is 2. The number of thiophene rings is 1. The molecule has 0 radical (unpaired) electrons. The van der Waals surface area contributed by atoms with Crippen molar-refractivity contribution < 1.29 is 0 Å². The summed E-state index contributed by atoms with van der Waals surface area (Å²) in [5, 5.41) is 8.28. The van der Waals surface area contributed by atoms with Crippen molar-refractivity contribution in [3.8, 4) is 10.6 Å². The van der Waals surface area contributed by atoms with Gasteiger partial charge in [0.2, 0.25) is 0 Å². The first-order chi connectivity index (χ1) is 8.69. The van der Waals surface area contributed by atoms with Crippen LogP contribution in [-0.4, -0.2) is 16.3 Å². The molecule has 3 nitrogen and oxygen atoms in total. The second kappa shape index (κ2) is 4.43. The minimum Gasteiger partial charge on any atom is -0.370 e. The Balaban J connectivity index is 2.01. The summed E-state index contributed by atoms with van der Waals surface area (Å²) in [6, 6.07) is 7.03. The lowest BCUT2D eigenvalue weighted by Gasteiger charge is -2.30. The highest BCUT2D eigenvalue weighted by molar-refractivity contribution is 7.15. The highest BCUT2D eigenvalue weighted by Crippen LogP contribution is 2.35. The topological polar surface area (TPSA) is 29.9 Å². The van der Waals surface area contributed by atoms with Gasteiger partial charge in [0.15, 0.2) is 0 Å². The number of fused-ring (bicyclic) bond motifs is 1. The number of hydrogen-bond donors (Lipinski definition) is 1. The molecule has 0 saturated carbocycles. The van der Waals surface area contributed by atoms with Crippen molar-refractivity contribution in [1.82, 2.24) is 9.78 Å². The molecule has 0 saturated heterocycles. The molecule has 0 fully saturated rings. The van der Waals surface area contributed by atoms with Crippen LogP contribution in [0.25, 0.3) is 10.6 Å². The molecule has 4 heteroatoms. The van der Waals surface area contributed by atoms with Gasteiger partial charge in [0.25, 0.3) is 0 Å². The summed E-state index contributed by atoms with van der Waals surface area (Å²) in [6.07, 6.45) is 1.14. The minimum atomic E-state index is 0.524. The molecule has 0 aliphatic carbocycles. The van der Waals surface area contributed by atoms with Crippen LogP contribution in [0.15, 0.2) is 18.2 Å². The molecular formula is C14H19N3S. The predicted octanol–water partition coefficient (Wildman–Crippen LogP) is 3.93. The SMILES string of the molecule is CCC1C(C)CNc2cc(-c3ccc(C)s3)nn21. The third-order valence-corrected chi connectivity index (χ3v) is 4.75. The Bertz CT molecular complexity index is 555. The first-order valence-corrected chi connectivity index (χ1v) is 7.41. The quantitative estimate of drug-likeness (QED) is 0.887. The number of aryl methyl sites for hydroxylation is 1. The van der Waals surface area contributed by atoms with Crippen molar-refractivity contribution in [2.45, 2.75) is 33.2 Å². The van der Waals surface area contributed by atoms with E-state index in [0.717, 1.165) is 18.7 Å². The molecule has 2 atom stereocenters. The van der Waals surface area contributed by atoms with Crippen molar-refractivity contribution in [3.63, 3.8) is 0 Å². The van der Waals surface area contributed by atoms with Gasteiger partial charge in [-0.3, -0.25) is 0 Å². The van der Waals surface area contributed by atoms with Gasteiger partial charge in [-0.2, -0.15) is 5.10 Å². The van der Waals surface area contributed by atoms with Gasteiger partial charge in [-0.25, -0.2) is 4.68 Å². The average Bonchev–Trinajstić information content (AvgIpc) is 2.94. The molecule has 2 aromatic rings. The highest BCUT2D eigenvalue weighted by Gasteiger charge is 2.26. The van der Waals surface area contributed by atoms with Gasteiger partial charge in [-0.05, 0) is 31.4 Å². The summed E-state index contributed by atoms with van der Waals surface area (Å²) in [4.78, 5) is 2.60. The number of aromatic nitrogens is 2. The zero-order valence-corrected chi connectivity index (χ0v) is 11.9. The predicted molar refractivity (Wildman–Crippen MR) is 77.3 cm³/mol. The Labute approximate surface area is 112 Å². The van der Waals surface area contributed by atoms with Crippen LogP contribution < -0.4 is 5.32 Å². The van der Waals surface area contributed by atoms with E-state index in [1.165, 1.54) is 15.6 Å². The summed E-state index contributed by atoms with van der Waals surface area (Å²) in [5.74, 6) is 1.81. The molecule has 0 bridgehead atoms. The Morgan fingerprint density at radius 3 is 3.00 bits per heavy atom. The van der Waals surface area contributed by atoms with Gasteiger partial charge >= 0.3 is 0 Å². The third-order valence-electron chi connectivity index (χ3n) is 3.72. The minimum absolute atomic E-state index is 0.524. The number of anilines is 1. The maximum atomic E-state index is 4.80. The van der Waals surface area contributed by atoms with Crippen molar-refractivity contribution in [2.24, 2.45) is 5.92 Å². The lowest BCUT2D eigenvalue weighted by atomic mass is 9.98. The number of hydrogen-bond acceptors (Lipinski definition) is 3. The molecular weight excluding hydrogens is 242 g/mol. The molecule has 3 rings (SSSR count). The van der Waals surface area contributed by atoms with Crippen LogP contribution in [0.2, 0.25) is 0 Å². The lowest BCUT2D eigenvalue weighted by molar-refractivity contribution is 0.313. The normalized spacial score (nSPS) is 22.6. The molecule has 18 heavy (non-hydrogen) atoms. The number of nitrogens with one attached hydrogen (secondary N) is 1. The Morgan fingerprint density at radius 2 is 2.33 bits per heavy atom. The fraction of sp³-hybridized carbons (Fsp3) is 0.500. The second-order valence-corrected chi connectivity index (χ2v) is 6.39. The molecule has 3 heterocycles. The summed E-state index contributed by atoms with van der Waals surface area (Å²) < 4.78 is 2.18. The first kappa shape index (κ1) is 11.8. The van der Waals surface area contributed by atoms with Crippen LogP contribution in [0.5, 0.6) is 0 Å². The van der Waals surface area contributed by atoms with E-state index in [-0.39, 0.29) is 0 Å². The molecule has 96 valence electrons. The van der Waals surface area contributed by atoms with Crippen molar-refractivity contribution >= 4 is 17.2 Å². The van der Waals surface area contributed by atoms with Gasteiger partial charge in [-0.15, -0.1) is 11.3 Å². The monoisotopic (exact) mass is 261 g/mol. The van der Waals surface area contributed by atoms with E-state index in [1.54, 1.807) is 0 Å². The van der Waals surface area contributed by atoms with E-state index < -0.39 is 0 Å². The molecule has 0 spiro atoms. The molecule has 1 N–H and O–H groups in total. The van der Waals surface area contributed by atoms with E-state index in [0.29, 0.717) is 12.0 Å². The van der Waals surface area contributed by atoms with Crippen LogP contribution in [0, 0.1) is 12.8 Å². The van der Waals surface area contributed by atoms with E-state index in [9.17, 15) is 0 Å². The molecule has 0 amide bonds. The van der Waals surface area contributed by atoms with Crippen LogP contribution in [0.4, 0.5) is 5.82 Å². The lowest BCUT2D eigenvalue weighted by Crippen LogP contribution is -2.30. The fourth-order valence-electron chi connectivity index (χ4n) is 2.69. The summed E-state index contributed by atoms with van der Waals surface area (Å²) in [6.45, 7) is 7.72. The summed E-state index contributed by atoms with van der Waals surface area (Å²) in [5.41, 5.74) is 1.10. The van der Waals surface area contributed by atoms with Crippen molar-refractivity contribution in [1.29, 1.82) is 0 Å². The van der Waals surface area contributed by atoms with E-state index in [1.807, 2.05) is 11.3 Å². The van der Waals surface area contributed by atoms with Crippen LogP contribution in [-0.2, 0) is 0 Å². The van der Waals surface area contributed by atoms with Crippen LogP contribution >= 0.6 is 11.3 Å². The van der Waals surface area contributed by atoms with Gasteiger partial charge in [0.05, 0.1) is 10.9 Å². The summed E-state index contributed by atoms with van der Waals surface area (Å²) >= 11 is 1.81. The van der Waals surface area contributed by atoms with E-state index in [4.69, 9.17) is 5.10 Å². The molecule has 0 aromatic carbocycles. The van der Waals surface area contributed by atoms with Gasteiger partial charge < -0.3 is 5.32 Å². The summed E-state index contributed by atoms with van der Waals surface area (Å²) in [7, 11) is 0. The van der Waals surface area contributed by atoms with Crippen LogP contribution in [0.1, 0.15) is 31.2 Å².